The van der Waals surface area contributed by atoms with Crippen molar-refractivity contribution in [1.82, 2.24) is 33.5 Å². The van der Waals surface area contributed by atoms with Crippen molar-refractivity contribution in [3.8, 4) is 0 Å². The second-order valence-corrected chi connectivity index (χ2v) is 7.71. The highest BCUT2D eigenvalue weighted by molar-refractivity contribution is 5.92. The SMILES string of the molecule is CC(C)n1ccc2c(Nc3cnc4[nH]c(=O)c5ncn(C(C)C)c5n34)ccnc21. The predicted molar refractivity (Wildman–Crippen MR) is 113 cm³/mol. The number of aromatic nitrogens is 7. The van der Waals surface area contributed by atoms with Gasteiger partial charge >= 0.3 is 0 Å². The lowest BCUT2D eigenvalue weighted by molar-refractivity contribution is 0.611. The van der Waals surface area contributed by atoms with Crippen molar-refractivity contribution in [1.29, 1.82) is 0 Å². The van der Waals surface area contributed by atoms with Crippen LogP contribution >= 0.6 is 0 Å². The summed E-state index contributed by atoms with van der Waals surface area (Å²) >= 11 is 0. The van der Waals surface area contributed by atoms with E-state index < -0.39 is 0 Å². The molecule has 0 aliphatic rings. The summed E-state index contributed by atoms with van der Waals surface area (Å²) in [5, 5.41) is 4.50. The van der Waals surface area contributed by atoms with Crippen molar-refractivity contribution < 1.29 is 0 Å². The number of fused-ring (bicyclic) bond motifs is 4. The molecule has 0 atom stereocenters. The second kappa shape index (κ2) is 6.20. The maximum Gasteiger partial charge on any atom is 0.280 e. The normalized spacial score (nSPS) is 12.2. The minimum Gasteiger partial charge on any atom is -0.339 e. The van der Waals surface area contributed by atoms with Gasteiger partial charge in [0.05, 0.1) is 18.2 Å². The van der Waals surface area contributed by atoms with Crippen LogP contribution < -0.4 is 10.9 Å². The predicted octanol–water partition coefficient (Wildman–Crippen LogP) is 3.63. The molecule has 29 heavy (non-hydrogen) atoms. The molecule has 0 fully saturated rings. The summed E-state index contributed by atoms with van der Waals surface area (Å²) in [7, 11) is 0. The third-order valence-corrected chi connectivity index (χ3v) is 5.17. The molecular weight excluding hydrogens is 368 g/mol. The van der Waals surface area contributed by atoms with E-state index in [1.807, 2.05) is 21.2 Å². The van der Waals surface area contributed by atoms with Gasteiger partial charge in [0.15, 0.2) is 11.2 Å². The van der Waals surface area contributed by atoms with Crippen LogP contribution in [-0.2, 0) is 0 Å². The fraction of sp³-hybridized carbons (Fsp3) is 0.300. The number of nitrogens with zero attached hydrogens (tertiary/aromatic N) is 6. The van der Waals surface area contributed by atoms with Gasteiger partial charge in [-0.25, -0.2) is 19.4 Å². The Morgan fingerprint density at radius 1 is 1.03 bits per heavy atom. The van der Waals surface area contributed by atoms with Gasteiger partial charge in [0.25, 0.3) is 5.56 Å². The van der Waals surface area contributed by atoms with Crippen LogP contribution in [0.5, 0.6) is 0 Å². The quantitative estimate of drug-likeness (QED) is 0.488. The lowest BCUT2D eigenvalue weighted by atomic mass is 10.3. The topological polar surface area (TPSA) is 97.8 Å². The number of hydrogen-bond acceptors (Lipinski definition) is 5. The molecule has 9 heteroatoms. The highest BCUT2D eigenvalue weighted by Gasteiger charge is 2.18. The van der Waals surface area contributed by atoms with Crippen LogP contribution in [0.15, 0.2) is 41.8 Å². The average molecular weight is 390 g/mol. The molecule has 9 nitrogen and oxygen atoms in total. The lowest BCUT2D eigenvalue weighted by Crippen LogP contribution is -2.13. The molecule has 0 bridgehead atoms. The summed E-state index contributed by atoms with van der Waals surface area (Å²) in [5.74, 6) is 1.21. The van der Waals surface area contributed by atoms with Gasteiger partial charge in [-0.15, -0.1) is 0 Å². The maximum atomic E-state index is 12.4. The van der Waals surface area contributed by atoms with Gasteiger partial charge in [-0.1, -0.05) is 0 Å². The number of imidazole rings is 2. The highest BCUT2D eigenvalue weighted by atomic mass is 16.1. The van der Waals surface area contributed by atoms with Gasteiger partial charge in [0, 0.05) is 29.9 Å². The van der Waals surface area contributed by atoms with Crippen LogP contribution in [0.3, 0.4) is 0 Å². The van der Waals surface area contributed by atoms with E-state index >= 15 is 0 Å². The first-order valence-electron chi connectivity index (χ1n) is 9.64. The summed E-state index contributed by atoms with van der Waals surface area (Å²) in [4.78, 5) is 28.5. The molecule has 2 N–H and O–H groups in total. The molecule has 0 amide bonds. The molecule has 0 aliphatic heterocycles. The molecule has 148 valence electrons. The lowest BCUT2D eigenvalue weighted by Gasteiger charge is -2.13. The molecule has 5 rings (SSSR count). The Balaban J connectivity index is 1.73. The van der Waals surface area contributed by atoms with Crippen molar-refractivity contribution in [3.05, 3.63) is 47.4 Å². The monoisotopic (exact) mass is 390 g/mol. The van der Waals surface area contributed by atoms with Gasteiger partial charge in [0.1, 0.15) is 11.5 Å². The van der Waals surface area contributed by atoms with Crippen molar-refractivity contribution in [2.45, 2.75) is 39.8 Å². The van der Waals surface area contributed by atoms with Crippen molar-refractivity contribution >= 4 is 39.5 Å². The van der Waals surface area contributed by atoms with E-state index in [4.69, 9.17) is 0 Å². The summed E-state index contributed by atoms with van der Waals surface area (Å²) in [6.07, 6.45) is 7.25. The minimum absolute atomic E-state index is 0.146. The first-order chi connectivity index (χ1) is 14.0. The molecule has 0 spiro atoms. The Bertz CT molecular complexity index is 1420. The smallest absolute Gasteiger partial charge is 0.280 e. The molecule has 0 saturated heterocycles. The molecule has 5 aromatic rings. The van der Waals surface area contributed by atoms with Crippen molar-refractivity contribution in [2.24, 2.45) is 0 Å². The Morgan fingerprint density at radius 2 is 1.83 bits per heavy atom. The maximum absolute atomic E-state index is 12.4. The van der Waals surface area contributed by atoms with Gasteiger partial charge in [-0.05, 0) is 39.8 Å². The number of rotatable bonds is 4. The van der Waals surface area contributed by atoms with Gasteiger partial charge < -0.3 is 14.5 Å². The fourth-order valence-corrected chi connectivity index (χ4v) is 3.74. The van der Waals surface area contributed by atoms with Crippen LogP contribution in [0, 0.1) is 0 Å². The number of pyridine rings is 1. The Kier molecular flexibility index (Phi) is 3.73. The van der Waals surface area contributed by atoms with E-state index in [1.165, 1.54) is 0 Å². The van der Waals surface area contributed by atoms with Crippen LogP contribution in [0.4, 0.5) is 11.5 Å². The number of hydrogen-bond donors (Lipinski definition) is 2. The van der Waals surface area contributed by atoms with Gasteiger partial charge in [-0.3, -0.25) is 9.78 Å². The molecule has 0 unspecified atom stereocenters. The summed E-state index contributed by atoms with van der Waals surface area (Å²) < 4.78 is 6.01. The van der Waals surface area contributed by atoms with Crippen LogP contribution in [0.2, 0.25) is 0 Å². The van der Waals surface area contributed by atoms with Crippen molar-refractivity contribution in [2.75, 3.05) is 5.32 Å². The number of nitrogens with one attached hydrogen (secondary N) is 2. The summed E-state index contributed by atoms with van der Waals surface area (Å²) in [6.45, 7) is 8.37. The Hall–Kier alpha value is -3.62. The number of aromatic amines is 1. The number of anilines is 2. The third-order valence-electron chi connectivity index (χ3n) is 5.17. The van der Waals surface area contributed by atoms with E-state index in [2.05, 4.69) is 63.6 Å². The average Bonchev–Trinajstić information content (AvgIpc) is 3.38. The molecule has 5 heterocycles. The zero-order chi connectivity index (χ0) is 20.3. The van der Waals surface area contributed by atoms with E-state index in [0.29, 0.717) is 23.0 Å². The minimum atomic E-state index is -0.246. The molecular formula is C20H22N8O. The second-order valence-electron chi connectivity index (χ2n) is 7.71. The van der Waals surface area contributed by atoms with E-state index in [9.17, 15) is 4.79 Å². The standard InChI is InChI=1S/C20H22N8O/c1-11(2)26-8-6-13-14(5-7-21-17(13)26)24-15-9-22-20-25-18(29)16-19(28(15)20)27(10-23-16)12(3)4/h5-12H,1-4H3,(H,21,24)(H,22,25,29). The first-order valence-corrected chi connectivity index (χ1v) is 9.64. The van der Waals surface area contributed by atoms with Crippen LogP contribution in [0.25, 0.3) is 28.0 Å². The Morgan fingerprint density at radius 3 is 2.59 bits per heavy atom. The van der Waals surface area contributed by atoms with E-state index in [-0.39, 0.29) is 11.6 Å². The van der Waals surface area contributed by atoms with Gasteiger partial charge in [0.2, 0.25) is 5.78 Å². The largest absolute Gasteiger partial charge is 0.339 e. The molecule has 0 aliphatic carbocycles. The highest BCUT2D eigenvalue weighted by Crippen LogP contribution is 2.29. The van der Waals surface area contributed by atoms with Crippen LogP contribution in [-0.4, -0.2) is 33.5 Å². The fourth-order valence-electron chi connectivity index (χ4n) is 3.74. The van der Waals surface area contributed by atoms with Crippen LogP contribution in [0.1, 0.15) is 39.8 Å². The molecule has 5 aromatic heterocycles. The van der Waals surface area contributed by atoms with Gasteiger partial charge in [-0.2, -0.15) is 0 Å². The zero-order valence-electron chi connectivity index (χ0n) is 16.7. The molecule has 0 radical (unpaired) electrons. The summed E-state index contributed by atoms with van der Waals surface area (Å²) in [6, 6.07) is 4.46. The zero-order valence-corrected chi connectivity index (χ0v) is 16.7. The summed E-state index contributed by atoms with van der Waals surface area (Å²) in [5.41, 5.74) is 2.70. The Labute approximate surface area is 166 Å². The van der Waals surface area contributed by atoms with E-state index in [1.54, 1.807) is 18.7 Å². The first kappa shape index (κ1) is 17.5. The van der Waals surface area contributed by atoms with E-state index in [0.717, 1.165) is 22.5 Å². The molecule has 0 aromatic carbocycles. The number of H-pyrrole nitrogens is 1. The van der Waals surface area contributed by atoms with Crippen molar-refractivity contribution in [3.63, 3.8) is 0 Å². The third kappa shape index (κ3) is 2.54. The molecule has 0 saturated carbocycles.